The number of nitrogens with one attached hydrogen (secondary N) is 2. The first kappa shape index (κ1) is 20.3. The quantitative estimate of drug-likeness (QED) is 0.270. The van der Waals surface area contributed by atoms with Gasteiger partial charge < -0.3 is 0 Å². The predicted octanol–water partition coefficient (Wildman–Crippen LogP) is 2.04. The molecule has 2 aromatic rings. The number of carbonyl (C=O) groups is 3. The van der Waals surface area contributed by atoms with E-state index in [1.807, 2.05) is 19.1 Å². The lowest BCUT2D eigenvalue weighted by molar-refractivity contribution is -0.154. The summed E-state index contributed by atoms with van der Waals surface area (Å²) in [6, 6.07) is 8.76. The maximum atomic E-state index is 12.3. The number of unbranched alkanes of at least 4 members (excludes halogenated alkanes) is 2. The Labute approximate surface area is 157 Å². The van der Waals surface area contributed by atoms with Gasteiger partial charge in [0.05, 0.1) is 18.0 Å². The lowest BCUT2D eigenvalue weighted by Gasteiger charge is -2.19. The molecule has 1 aromatic carbocycles. The molecule has 3 amide bonds. The van der Waals surface area contributed by atoms with Gasteiger partial charge in [0.1, 0.15) is 0 Å². The van der Waals surface area contributed by atoms with Crippen molar-refractivity contribution in [2.45, 2.75) is 32.6 Å². The number of pyridine rings is 1. The number of hydroxylamine groups is 2. The van der Waals surface area contributed by atoms with Crippen molar-refractivity contribution in [3.63, 3.8) is 0 Å². The minimum Gasteiger partial charge on any atom is -0.286 e. The Bertz CT molecular complexity index is 796. The monoisotopic (exact) mass is 372 g/mol. The van der Waals surface area contributed by atoms with E-state index >= 15 is 0 Å². The molecule has 0 fully saturated rings. The van der Waals surface area contributed by atoms with Crippen LogP contribution in [-0.4, -0.2) is 40.0 Å². The third kappa shape index (κ3) is 6.03. The number of nitrogens with zero attached hydrogens (tertiary/aromatic N) is 2. The van der Waals surface area contributed by atoms with Crippen LogP contribution in [0.25, 0.3) is 10.9 Å². The maximum Gasteiger partial charge on any atom is 0.269 e. The number of carbonyl (C=O) groups excluding carboxylic acids is 3. The van der Waals surface area contributed by atoms with Crippen molar-refractivity contribution < 1.29 is 19.6 Å². The average molecular weight is 372 g/mol. The SMILES string of the molecule is CCCCC[C@H](CN(O)C=O)C(=O)NNC(=O)c1ccc2cccnc2c1. The summed E-state index contributed by atoms with van der Waals surface area (Å²) >= 11 is 0. The van der Waals surface area contributed by atoms with Crippen LogP contribution in [0.5, 0.6) is 0 Å². The van der Waals surface area contributed by atoms with E-state index in [0.717, 1.165) is 24.6 Å². The van der Waals surface area contributed by atoms with Crippen LogP contribution in [0.15, 0.2) is 36.5 Å². The van der Waals surface area contributed by atoms with Gasteiger partial charge in [0.25, 0.3) is 5.91 Å². The number of benzene rings is 1. The first-order valence-electron chi connectivity index (χ1n) is 8.91. The van der Waals surface area contributed by atoms with Crippen molar-refractivity contribution in [2.75, 3.05) is 6.54 Å². The van der Waals surface area contributed by atoms with Gasteiger partial charge in [-0.25, -0.2) is 5.06 Å². The molecule has 0 radical (unpaired) electrons. The molecular formula is C19H24N4O4. The second-order valence-corrected chi connectivity index (χ2v) is 6.27. The highest BCUT2D eigenvalue weighted by Gasteiger charge is 2.21. The molecule has 2 rings (SSSR count). The van der Waals surface area contributed by atoms with Crippen LogP contribution in [-0.2, 0) is 9.59 Å². The molecule has 27 heavy (non-hydrogen) atoms. The third-order valence-electron chi connectivity index (χ3n) is 4.22. The topological polar surface area (TPSA) is 112 Å². The van der Waals surface area contributed by atoms with Gasteiger partial charge in [0.2, 0.25) is 12.3 Å². The van der Waals surface area contributed by atoms with Crippen LogP contribution in [0.2, 0.25) is 0 Å². The van der Waals surface area contributed by atoms with Crippen molar-refractivity contribution in [1.29, 1.82) is 0 Å². The zero-order chi connectivity index (χ0) is 19.6. The van der Waals surface area contributed by atoms with Crippen molar-refractivity contribution in [3.05, 3.63) is 42.1 Å². The van der Waals surface area contributed by atoms with Gasteiger partial charge >= 0.3 is 0 Å². The summed E-state index contributed by atoms with van der Waals surface area (Å²) in [5.74, 6) is -1.55. The number of rotatable bonds is 9. The van der Waals surface area contributed by atoms with Crippen molar-refractivity contribution in [1.82, 2.24) is 20.9 Å². The van der Waals surface area contributed by atoms with E-state index in [0.29, 0.717) is 22.6 Å². The zero-order valence-corrected chi connectivity index (χ0v) is 15.2. The largest absolute Gasteiger partial charge is 0.286 e. The summed E-state index contributed by atoms with van der Waals surface area (Å²) in [7, 11) is 0. The molecule has 8 heteroatoms. The van der Waals surface area contributed by atoms with E-state index < -0.39 is 17.7 Å². The molecule has 144 valence electrons. The van der Waals surface area contributed by atoms with Gasteiger partial charge in [0.15, 0.2) is 0 Å². The molecule has 0 saturated heterocycles. The number of hydrogen-bond acceptors (Lipinski definition) is 5. The lowest BCUT2D eigenvalue weighted by atomic mass is 10.0. The zero-order valence-electron chi connectivity index (χ0n) is 15.2. The summed E-state index contributed by atoms with van der Waals surface area (Å²) in [6.07, 6.45) is 5.09. The molecular weight excluding hydrogens is 348 g/mol. The van der Waals surface area contributed by atoms with Crippen LogP contribution >= 0.6 is 0 Å². The molecule has 0 unspecified atom stereocenters. The van der Waals surface area contributed by atoms with E-state index in [2.05, 4.69) is 15.8 Å². The molecule has 1 heterocycles. The minimum absolute atomic E-state index is 0.130. The second-order valence-electron chi connectivity index (χ2n) is 6.27. The van der Waals surface area contributed by atoms with Crippen LogP contribution in [0.3, 0.4) is 0 Å². The summed E-state index contributed by atoms with van der Waals surface area (Å²) in [5, 5.41) is 10.7. The molecule has 3 N–H and O–H groups in total. The molecule has 1 atom stereocenters. The number of fused-ring (bicyclic) bond motifs is 1. The Kier molecular flexibility index (Phi) is 7.69. The Hall–Kier alpha value is -3.00. The van der Waals surface area contributed by atoms with Gasteiger partial charge in [-0.05, 0) is 24.6 Å². The standard InChI is InChI=1S/C19H24N4O4/c1-2-3-4-6-16(12-23(27)13-24)19(26)22-21-18(25)15-9-8-14-7-5-10-20-17(14)11-15/h5,7-11,13,16,27H,2-4,6,12H2,1H3,(H,21,25)(H,22,26)/t16-/m1/s1. The Balaban J connectivity index is 1.96. The summed E-state index contributed by atoms with van der Waals surface area (Å²) in [6.45, 7) is 1.91. The molecule has 8 nitrogen and oxygen atoms in total. The highest BCUT2D eigenvalue weighted by molar-refractivity contribution is 5.98. The predicted molar refractivity (Wildman–Crippen MR) is 99.5 cm³/mol. The van der Waals surface area contributed by atoms with E-state index in [9.17, 15) is 19.6 Å². The van der Waals surface area contributed by atoms with Gasteiger partial charge in [-0.2, -0.15) is 0 Å². The van der Waals surface area contributed by atoms with E-state index in [-0.39, 0.29) is 13.0 Å². The fourth-order valence-electron chi connectivity index (χ4n) is 2.72. The Morgan fingerprint density at radius 3 is 2.81 bits per heavy atom. The fourth-order valence-corrected chi connectivity index (χ4v) is 2.72. The fraction of sp³-hybridized carbons (Fsp3) is 0.368. The minimum atomic E-state index is -0.620. The van der Waals surface area contributed by atoms with Crippen molar-refractivity contribution in [2.24, 2.45) is 5.92 Å². The summed E-state index contributed by atoms with van der Waals surface area (Å²) in [4.78, 5) is 39.4. The molecule has 0 aliphatic rings. The normalized spacial score (nSPS) is 11.6. The summed E-state index contributed by atoms with van der Waals surface area (Å²) < 4.78 is 0. The molecule has 0 spiro atoms. The molecule has 0 aliphatic heterocycles. The number of aromatic nitrogens is 1. The molecule has 0 aliphatic carbocycles. The highest BCUT2D eigenvalue weighted by Crippen LogP contribution is 2.13. The van der Waals surface area contributed by atoms with Crippen LogP contribution in [0.1, 0.15) is 43.0 Å². The Morgan fingerprint density at radius 2 is 2.07 bits per heavy atom. The first-order valence-corrected chi connectivity index (χ1v) is 8.91. The van der Waals surface area contributed by atoms with Gasteiger partial charge in [-0.3, -0.25) is 35.4 Å². The molecule has 1 aromatic heterocycles. The van der Waals surface area contributed by atoms with E-state index in [1.54, 1.807) is 24.4 Å². The number of hydrazine groups is 1. The number of amides is 3. The van der Waals surface area contributed by atoms with Crippen LogP contribution < -0.4 is 10.9 Å². The second kappa shape index (κ2) is 10.2. The average Bonchev–Trinajstić information content (AvgIpc) is 2.70. The highest BCUT2D eigenvalue weighted by atomic mass is 16.5. The van der Waals surface area contributed by atoms with Gasteiger partial charge in [-0.15, -0.1) is 0 Å². The van der Waals surface area contributed by atoms with Gasteiger partial charge in [-0.1, -0.05) is 38.3 Å². The number of hydrogen-bond donors (Lipinski definition) is 3. The Morgan fingerprint density at radius 1 is 1.26 bits per heavy atom. The van der Waals surface area contributed by atoms with Crippen molar-refractivity contribution in [3.8, 4) is 0 Å². The van der Waals surface area contributed by atoms with Crippen LogP contribution in [0, 0.1) is 5.92 Å². The first-order chi connectivity index (χ1) is 13.0. The van der Waals surface area contributed by atoms with E-state index in [4.69, 9.17) is 0 Å². The van der Waals surface area contributed by atoms with Crippen LogP contribution in [0.4, 0.5) is 0 Å². The lowest BCUT2D eigenvalue weighted by Crippen LogP contribution is -2.46. The van der Waals surface area contributed by atoms with Crippen molar-refractivity contribution >= 4 is 29.1 Å². The molecule has 0 saturated carbocycles. The maximum absolute atomic E-state index is 12.3. The van der Waals surface area contributed by atoms with Gasteiger partial charge in [0, 0.05) is 17.1 Å². The van der Waals surface area contributed by atoms with E-state index in [1.165, 1.54) is 0 Å². The molecule has 0 bridgehead atoms. The third-order valence-corrected chi connectivity index (χ3v) is 4.22. The summed E-state index contributed by atoms with van der Waals surface area (Å²) in [5.41, 5.74) is 5.78. The smallest absolute Gasteiger partial charge is 0.269 e.